The number of aliphatic hydroxyl groups is 1. The lowest BCUT2D eigenvalue weighted by Gasteiger charge is -2.12. The third-order valence-corrected chi connectivity index (χ3v) is 5.15. The Morgan fingerprint density at radius 2 is 1.95 bits per heavy atom. The first-order valence-corrected chi connectivity index (χ1v) is 8.36. The minimum atomic E-state index is -3.96. The van der Waals surface area contributed by atoms with Crippen molar-refractivity contribution in [3.8, 4) is 0 Å². The second kappa shape index (κ2) is 6.31. The van der Waals surface area contributed by atoms with Crippen LogP contribution < -0.4 is 4.72 Å². The van der Waals surface area contributed by atoms with Crippen LogP contribution in [-0.2, 0) is 16.6 Å². The summed E-state index contributed by atoms with van der Waals surface area (Å²) >= 11 is 8.98. The average Bonchev–Trinajstić information content (AvgIpc) is 2.42. The van der Waals surface area contributed by atoms with E-state index in [4.69, 9.17) is 16.7 Å². The van der Waals surface area contributed by atoms with Gasteiger partial charge in [0, 0.05) is 4.47 Å². The van der Waals surface area contributed by atoms with E-state index in [0.29, 0.717) is 5.56 Å². The molecule has 0 saturated carbocycles. The highest BCUT2D eigenvalue weighted by Crippen LogP contribution is 2.29. The van der Waals surface area contributed by atoms with Gasteiger partial charge in [-0.15, -0.1) is 0 Å². The van der Waals surface area contributed by atoms with Crippen molar-refractivity contribution >= 4 is 43.2 Å². The van der Waals surface area contributed by atoms with E-state index in [1.807, 2.05) is 0 Å². The fraction of sp³-hybridized carbons (Fsp3) is 0.0769. The molecule has 0 aromatic heterocycles. The predicted molar refractivity (Wildman–Crippen MR) is 82.3 cm³/mol. The number of hydrogen-bond donors (Lipinski definition) is 2. The minimum absolute atomic E-state index is 0.0259. The lowest BCUT2D eigenvalue weighted by atomic mass is 10.2. The summed E-state index contributed by atoms with van der Waals surface area (Å²) in [6, 6.07) is 7.76. The number of anilines is 1. The number of halogens is 3. The van der Waals surface area contributed by atoms with Crippen LogP contribution in [-0.4, -0.2) is 13.5 Å². The molecule has 2 aromatic rings. The highest BCUT2D eigenvalue weighted by atomic mass is 79.9. The molecule has 2 aromatic carbocycles. The first-order valence-electron chi connectivity index (χ1n) is 5.70. The van der Waals surface area contributed by atoms with Crippen LogP contribution in [0.1, 0.15) is 5.56 Å². The van der Waals surface area contributed by atoms with Gasteiger partial charge < -0.3 is 5.11 Å². The number of nitrogens with one attached hydrogen (secondary N) is 1. The van der Waals surface area contributed by atoms with E-state index < -0.39 is 15.8 Å². The fourth-order valence-corrected chi connectivity index (χ4v) is 3.84. The van der Waals surface area contributed by atoms with Crippen molar-refractivity contribution in [2.45, 2.75) is 11.5 Å². The van der Waals surface area contributed by atoms with Gasteiger partial charge in [0.25, 0.3) is 10.0 Å². The van der Waals surface area contributed by atoms with Crippen LogP contribution in [0.25, 0.3) is 0 Å². The summed E-state index contributed by atoms with van der Waals surface area (Å²) < 4.78 is 40.3. The van der Waals surface area contributed by atoms with Crippen molar-refractivity contribution in [1.82, 2.24) is 0 Å². The molecule has 0 atom stereocenters. The second-order valence-corrected chi connectivity index (χ2v) is 7.06. The van der Waals surface area contributed by atoms with Crippen LogP contribution in [0, 0.1) is 5.82 Å². The normalized spacial score (nSPS) is 11.4. The molecule has 0 saturated heterocycles. The first kappa shape index (κ1) is 16.2. The molecule has 0 amide bonds. The van der Waals surface area contributed by atoms with E-state index >= 15 is 0 Å². The third kappa shape index (κ3) is 3.74. The highest BCUT2D eigenvalue weighted by Gasteiger charge is 2.19. The molecule has 2 rings (SSSR count). The van der Waals surface area contributed by atoms with Gasteiger partial charge in [-0.25, -0.2) is 12.8 Å². The van der Waals surface area contributed by atoms with Crippen LogP contribution in [0.3, 0.4) is 0 Å². The molecule has 0 aliphatic rings. The van der Waals surface area contributed by atoms with Gasteiger partial charge >= 0.3 is 0 Å². The maximum Gasteiger partial charge on any atom is 0.263 e. The Kier molecular flexibility index (Phi) is 4.88. The van der Waals surface area contributed by atoms with Gasteiger partial charge in [0.05, 0.1) is 17.3 Å². The standard InChI is InChI=1S/C13H10BrClFNO3S/c14-10-6-9(16)2-4-12(10)17-21(19,20)13-5-8(7-18)1-3-11(13)15/h1-6,17-18H,7H2. The van der Waals surface area contributed by atoms with Crippen LogP contribution in [0.4, 0.5) is 10.1 Å². The zero-order valence-corrected chi connectivity index (χ0v) is 13.6. The highest BCUT2D eigenvalue weighted by molar-refractivity contribution is 9.10. The van der Waals surface area contributed by atoms with Crippen molar-refractivity contribution in [3.63, 3.8) is 0 Å². The molecule has 0 spiro atoms. The molecule has 0 aliphatic carbocycles. The molecule has 0 unspecified atom stereocenters. The molecule has 112 valence electrons. The second-order valence-electron chi connectivity index (χ2n) is 4.15. The van der Waals surface area contributed by atoms with Gasteiger partial charge in [-0.3, -0.25) is 4.72 Å². The molecule has 2 N–H and O–H groups in total. The number of sulfonamides is 1. The molecule has 0 fully saturated rings. The number of rotatable bonds is 4. The average molecular weight is 395 g/mol. The summed E-state index contributed by atoms with van der Waals surface area (Å²) in [5.74, 6) is -0.495. The lowest BCUT2D eigenvalue weighted by molar-refractivity contribution is 0.281. The summed E-state index contributed by atoms with van der Waals surface area (Å²) in [5, 5.41) is 9.10. The molecule has 0 heterocycles. The maximum absolute atomic E-state index is 13.0. The number of hydrogen-bond acceptors (Lipinski definition) is 3. The van der Waals surface area contributed by atoms with E-state index in [1.54, 1.807) is 0 Å². The topological polar surface area (TPSA) is 66.4 Å². The van der Waals surface area contributed by atoms with Crippen molar-refractivity contribution in [2.75, 3.05) is 4.72 Å². The lowest BCUT2D eigenvalue weighted by Crippen LogP contribution is -2.14. The molecular formula is C13H10BrClFNO3S. The van der Waals surface area contributed by atoms with E-state index in [2.05, 4.69) is 20.7 Å². The van der Waals surface area contributed by atoms with Crippen LogP contribution in [0.5, 0.6) is 0 Å². The van der Waals surface area contributed by atoms with E-state index in [0.717, 1.165) is 12.1 Å². The Hall–Kier alpha value is -1.15. The zero-order chi connectivity index (χ0) is 15.6. The van der Waals surface area contributed by atoms with Crippen LogP contribution in [0.15, 0.2) is 45.8 Å². The summed E-state index contributed by atoms with van der Waals surface area (Å²) in [4.78, 5) is -0.160. The Morgan fingerprint density at radius 3 is 2.57 bits per heavy atom. The van der Waals surface area contributed by atoms with Crippen molar-refractivity contribution in [3.05, 3.63) is 57.3 Å². The molecule has 0 bridgehead atoms. The Morgan fingerprint density at radius 1 is 1.24 bits per heavy atom. The van der Waals surface area contributed by atoms with Crippen molar-refractivity contribution in [2.24, 2.45) is 0 Å². The summed E-state index contributed by atoms with van der Waals surface area (Å²) in [5.41, 5.74) is 0.597. The quantitative estimate of drug-likeness (QED) is 0.833. The van der Waals surface area contributed by atoms with Gasteiger partial charge in [0.2, 0.25) is 0 Å². The SMILES string of the molecule is O=S(=O)(Nc1ccc(F)cc1Br)c1cc(CO)ccc1Cl. The Bertz CT molecular complexity index is 783. The summed E-state index contributed by atoms with van der Waals surface area (Å²) in [7, 11) is -3.96. The molecule has 21 heavy (non-hydrogen) atoms. The smallest absolute Gasteiger partial charge is 0.263 e. The summed E-state index contributed by atoms with van der Waals surface area (Å²) in [6.07, 6.45) is 0. The van der Waals surface area contributed by atoms with Gasteiger partial charge in [0.15, 0.2) is 0 Å². The van der Waals surface area contributed by atoms with Gasteiger partial charge in [0.1, 0.15) is 10.7 Å². The molecule has 4 nitrogen and oxygen atoms in total. The third-order valence-electron chi connectivity index (χ3n) is 2.64. The fourth-order valence-electron chi connectivity index (χ4n) is 1.62. The summed E-state index contributed by atoms with van der Waals surface area (Å²) in [6.45, 7) is -0.306. The van der Waals surface area contributed by atoms with E-state index in [1.165, 1.54) is 24.3 Å². The Balaban J connectivity index is 2.43. The van der Waals surface area contributed by atoms with Crippen molar-refractivity contribution < 1.29 is 17.9 Å². The number of aliphatic hydroxyl groups excluding tert-OH is 1. The van der Waals surface area contributed by atoms with Gasteiger partial charge in [-0.05, 0) is 51.8 Å². The molecule has 8 heteroatoms. The van der Waals surface area contributed by atoms with E-state index in [9.17, 15) is 12.8 Å². The largest absolute Gasteiger partial charge is 0.392 e. The zero-order valence-electron chi connectivity index (χ0n) is 10.5. The van der Waals surface area contributed by atoms with Crippen LogP contribution in [0.2, 0.25) is 5.02 Å². The predicted octanol–water partition coefficient (Wildman–Crippen LogP) is 3.53. The minimum Gasteiger partial charge on any atom is -0.392 e. The Labute approximate surface area is 134 Å². The van der Waals surface area contributed by atoms with Gasteiger partial charge in [-0.1, -0.05) is 17.7 Å². The van der Waals surface area contributed by atoms with Crippen molar-refractivity contribution in [1.29, 1.82) is 0 Å². The molecule has 0 radical (unpaired) electrons. The molecular weight excluding hydrogens is 385 g/mol. The maximum atomic E-state index is 13.0. The molecule has 0 aliphatic heterocycles. The first-order chi connectivity index (χ1) is 9.83. The van der Waals surface area contributed by atoms with E-state index in [-0.39, 0.29) is 26.7 Å². The monoisotopic (exact) mass is 393 g/mol. The van der Waals surface area contributed by atoms with Crippen LogP contribution >= 0.6 is 27.5 Å². The number of benzene rings is 2. The van der Waals surface area contributed by atoms with Gasteiger partial charge in [-0.2, -0.15) is 0 Å².